The van der Waals surface area contributed by atoms with Gasteiger partial charge in [0.25, 0.3) is 10.0 Å². The number of carboxylic acids is 1. The number of aliphatic carboxylic acids is 1. The molecule has 3 aliphatic heterocycles. The third kappa shape index (κ3) is 2.11. The molecule has 0 radical (unpaired) electrons. The molecule has 144 valence electrons. The van der Waals surface area contributed by atoms with Crippen LogP contribution in [0.5, 0.6) is 0 Å². The van der Waals surface area contributed by atoms with E-state index in [9.17, 15) is 31.5 Å². The van der Waals surface area contributed by atoms with Crippen molar-refractivity contribution >= 4 is 21.7 Å². The zero-order chi connectivity index (χ0) is 19.8. The van der Waals surface area contributed by atoms with Crippen LogP contribution in [0.15, 0.2) is 18.2 Å². The highest BCUT2D eigenvalue weighted by atomic mass is 32.2. The first-order valence-corrected chi connectivity index (χ1v) is 9.51. The van der Waals surface area contributed by atoms with E-state index in [-0.39, 0.29) is 18.7 Å². The predicted octanol–water partition coefficient (Wildman–Crippen LogP) is 1.73. The van der Waals surface area contributed by atoms with Crippen LogP contribution >= 0.6 is 0 Å². The topological polar surface area (TPSA) is 108 Å². The molecule has 0 aliphatic carbocycles. The standard InChI is InChI=1S/C16H13F3N2O5S/c17-16(18,19)10-5-9(2-1-8(10)6-20)21-7-11-12-3-4-13(26-12)15(11,14(22)23)27(21,24)25/h1-2,5,11-13H,3-4,7H2,(H,22,23)/t11-,12+,13-,15-/m1/s1. The Balaban J connectivity index is 1.86. The molecule has 1 aromatic rings. The SMILES string of the molecule is N#Cc1ccc(N2C[C@@H]3[C@@H]4CC[C@@H](O4)[C@]3(C(=O)O)S2(=O)=O)cc1C(F)(F)F. The van der Waals surface area contributed by atoms with Gasteiger partial charge >= 0.3 is 12.1 Å². The van der Waals surface area contributed by atoms with E-state index in [1.807, 2.05) is 0 Å². The average Bonchev–Trinajstić information content (AvgIpc) is 3.23. The summed E-state index contributed by atoms with van der Waals surface area (Å²) in [5.41, 5.74) is -2.21. The minimum Gasteiger partial charge on any atom is -0.480 e. The van der Waals surface area contributed by atoms with Gasteiger partial charge in [-0.05, 0) is 31.0 Å². The van der Waals surface area contributed by atoms with Gasteiger partial charge in [-0.1, -0.05) is 0 Å². The van der Waals surface area contributed by atoms with Crippen LogP contribution in [0.3, 0.4) is 0 Å². The summed E-state index contributed by atoms with van der Waals surface area (Å²) in [6.07, 6.45) is -5.67. The van der Waals surface area contributed by atoms with Crippen molar-refractivity contribution in [3.63, 3.8) is 0 Å². The van der Waals surface area contributed by atoms with Gasteiger partial charge in [0.15, 0.2) is 0 Å². The normalized spacial score (nSPS) is 33.7. The van der Waals surface area contributed by atoms with Gasteiger partial charge in [0.05, 0.1) is 35.1 Å². The van der Waals surface area contributed by atoms with Crippen molar-refractivity contribution in [2.24, 2.45) is 5.92 Å². The molecular formula is C16H13F3N2O5S. The Morgan fingerprint density at radius 2 is 2.07 bits per heavy atom. The lowest BCUT2D eigenvalue weighted by Gasteiger charge is -2.30. The number of nitriles is 1. The van der Waals surface area contributed by atoms with Crippen LogP contribution in [0.1, 0.15) is 24.0 Å². The van der Waals surface area contributed by atoms with Crippen LogP contribution in [0.25, 0.3) is 0 Å². The number of sulfonamides is 1. The summed E-state index contributed by atoms with van der Waals surface area (Å²) in [4.78, 5) is 12.0. The third-order valence-corrected chi connectivity index (χ3v) is 8.20. The highest BCUT2D eigenvalue weighted by Gasteiger charge is 2.76. The molecule has 1 N–H and O–H groups in total. The number of carboxylic acid groups (broad SMARTS) is 1. The number of alkyl halides is 3. The largest absolute Gasteiger partial charge is 0.480 e. The van der Waals surface area contributed by atoms with Crippen LogP contribution in [0, 0.1) is 17.2 Å². The summed E-state index contributed by atoms with van der Waals surface area (Å²) < 4.78 is 70.1. The summed E-state index contributed by atoms with van der Waals surface area (Å²) in [6.45, 7) is -0.279. The molecule has 7 nitrogen and oxygen atoms in total. The van der Waals surface area contributed by atoms with Crippen LogP contribution in [-0.2, 0) is 25.7 Å². The highest BCUT2D eigenvalue weighted by Crippen LogP contribution is 2.56. The summed E-state index contributed by atoms with van der Waals surface area (Å²) in [5.74, 6) is -2.42. The highest BCUT2D eigenvalue weighted by molar-refractivity contribution is 7.95. The Bertz CT molecular complexity index is 987. The lowest BCUT2D eigenvalue weighted by molar-refractivity contribution is -0.142. The Labute approximate surface area is 152 Å². The van der Waals surface area contributed by atoms with Crippen molar-refractivity contribution in [3.8, 4) is 6.07 Å². The van der Waals surface area contributed by atoms with Crippen molar-refractivity contribution in [2.75, 3.05) is 10.8 Å². The first-order valence-electron chi connectivity index (χ1n) is 8.07. The number of ether oxygens (including phenoxy) is 1. The van der Waals surface area contributed by atoms with Gasteiger partial charge in [0.2, 0.25) is 4.75 Å². The molecule has 3 heterocycles. The van der Waals surface area contributed by atoms with Gasteiger partial charge < -0.3 is 9.84 Å². The number of fused-ring (bicyclic) bond motifs is 5. The Morgan fingerprint density at radius 3 is 2.63 bits per heavy atom. The quantitative estimate of drug-likeness (QED) is 0.807. The van der Waals surface area contributed by atoms with Gasteiger partial charge in [0, 0.05) is 12.5 Å². The van der Waals surface area contributed by atoms with Crippen molar-refractivity contribution in [2.45, 2.75) is 36.0 Å². The number of carbonyl (C=O) groups is 1. The maximum atomic E-state index is 13.2. The second-order valence-corrected chi connectivity index (χ2v) is 8.89. The summed E-state index contributed by atoms with van der Waals surface area (Å²) >= 11 is 0. The lowest BCUT2D eigenvalue weighted by atomic mass is 9.78. The molecular weight excluding hydrogens is 389 g/mol. The van der Waals surface area contributed by atoms with Gasteiger partial charge in [-0.15, -0.1) is 0 Å². The first-order chi connectivity index (χ1) is 12.5. The van der Waals surface area contributed by atoms with E-state index in [1.54, 1.807) is 0 Å². The zero-order valence-corrected chi connectivity index (χ0v) is 14.4. The molecule has 11 heteroatoms. The zero-order valence-electron chi connectivity index (χ0n) is 13.6. The maximum Gasteiger partial charge on any atom is 0.417 e. The molecule has 0 saturated carbocycles. The molecule has 3 aliphatic rings. The Morgan fingerprint density at radius 1 is 1.37 bits per heavy atom. The van der Waals surface area contributed by atoms with E-state index < -0.39 is 56.2 Å². The molecule has 3 saturated heterocycles. The fourth-order valence-electron chi connectivity index (χ4n) is 4.53. The Kier molecular flexibility index (Phi) is 3.58. The molecule has 0 amide bonds. The summed E-state index contributed by atoms with van der Waals surface area (Å²) in [5, 5.41) is 18.6. The van der Waals surface area contributed by atoms with E-state index in [1.165, 1.54) is 6.07 Å². The minimum absolute atomic E-state index is 0.266. The molecule has 0 spiro atoms. The smallest absolute Gasteiger partial charge is 0.417 e. The van der Waals surface area contributed by atoms with Gasteiger partial charge in [-0.2, -0.15) is 18.4 Å². The number of anilines is 1. The van der Waals surface area contributed by atoms with Crippen molar-refractivity contribution in [1.82, 2.24) is 0 Å². The minimum atomic E-state index is -4.85. The van der Waals surface area contributed by atoms with Crippen LogP contribution in [-0.4, -0.2) is 43.0 Å². The average molecular weight is 402 g/mol. The maximum absolute atomic E-state index is 13.2. The second-order valence-electron chi connectivity index (χ2n) is 6.82. The van der Waals surface area contributed by atoms with Gasteiger partial charge in [-0.25, -0.2) is 8.42 Å². The van der Waals surface area contributed by atoms with E-state index in [0.29, 0.717) is 12.5 Å². The van der Waals surface area contributed by atoms with Gasteiger partial charge in [-0.3, -0.25) is 9.10 Å². The Hall–Kier alpha value is -2.32. The summed E-state index contributed by atoms with van der Waals surface area (Å²) in [6, 6.07) is 3.98. The second kappa shape index (κ2) is 5.36. The van der Waals surface area contributed by atoms with Crippen LogP contribution in [0.2, 0.25) is 0 Å². The van der Waals surface area contributed by atoms with E-state index in [4.69, 9.17) is 10.00 Å². The number of rotatable bonds is 2. The molecule has 1 aromatic carbocycles. The van der Waals surface area contributed by atoms with Crippen molar-refractivity contribution in [3.05, 3.63) is 29.3 Å². The number of halogens is 3. The summed E-state index contributed by atoms with van der Waals surface area (Å²) in [7, 11) is -4.53. The number of hydrogen-bond acceptors (Lipinski definition) is 5. The van der Waals surface area contributed by atoms with Crippen molar-refractivity contribution in [1.29, 1.82) is 5.26 Å². The number of benzene rings is 1. The molecule has 3 fully saturated rings. The van der Waals surface area contributed by atoms with E-state index in [2.05, 4.69) is 0 Å². The molecule has 0 aromatic heterocycles. The first kappa shape index (κ1) is 18.1. The molecule has 0 unspecified atom stereocenters. The molecule has 4 rings (SSSR count). The van der Waals surface area contributed by atoms with Gasteiger partial charge in [0.1, 0.15) is 0 Å². The van der Waals surface area contributed by atoms with Crippen molar-refractivity contribution < 1.29 is 36.2 Å². The third-order valence-electron chi connectivity index (χ3n) is 5.66. The molecule has 4 atom stereocenters. The van der Waals surface area contributed by atoms with E-state index >= 15 is 0 Å². The monoisotopic (exact) mass is 402 g/mol. The number of hydrogen-bond donors (Lipinski definition) is 1. The fraction of sp³-hybridized carbons (Fsp3) is 0.500. The lowest BCUT2D eigenvalue weighted by Crippen LogP contribution is -2.56. The molecule has 27 heavy (non-hydrogen) atoms. The number of nitrogens with zero attached hydrogens (tertiary/aromatic N) is 2. The van der Waals surface area contributed by atoms with E-state index in [0.717, 1.165) is 16.4 Å². The fourth-order valence-corrected chi connectivity index (χ4v) is 6.98. The van der Waals surface area contributed by atoms with Crippen LogP contribution in [0.4, 0.5) is 18.9 Å². The predicted molar refractivity (Wildman–Crippen MR) is 84.2 cm³/mol. The molecule has 2 bridgehead atoms. The van der Waals surface area contributed by atoms with Crippen LogP contribution < -0.4 is 4.31 Å².